The van der Waals surface area contributed by atoms with Crippen LogP contribution in [0.1, 0.15) is 11.1 Å². The maximum atomic E-state index is 12.4. The van der Waals surface area contributed by atoms with Gasteiger partial charge in [-0.1, -0.05) is 12.1 Å². The Balaban J connectivity index is 1.56. The quantitative estimate of drug-likeness (QED) is 0.761. The number of hydrogen-bond acceptors (Lipinski definition) is 5. The van der Waals surface area contributed by atoms with E-state index >= 15 is 0 Å². The standard InChI is InChI=1S/C20H22F2N2O5/c1-24(12-14-4-5-15-18(10-14)28-8-7-27-15)20(25)23-11-13-3-6-16(29-19(21)22)17(9-13)26-2/h3-6,9-10,19H,7-8,11-12H2,1-2H3,(H,23,25). The van der Waals surface area contributed by atoms with Crippen LogP contribution in [0, 0.1) is 0 Å². The number of methoxy groups -OCH3 is 1. The maximum Gasteiger partial charge on any atom is 0.387 e. The van der Waals surface area contributed by atoms with Crippen LogP contribution in [0.2, 0.25) is 0 Å². The van der Waals surface area contributed by atoms with E-state index in [1.165, 1.54) is 18.1 Å². The second-order valence-corrected chi connectivity index (χ2v) is 6.36. The van der Waals surface area contributed by atoms with Crippen LogP contribution in [-0.4, -0.2) is 44.9 Å². The summed E-state index contributed by atoms with van der Waals surface area (Å²) >= 11 is 0. The molecule has 0 radical (unpaired) electrons. The summed E-state index contributed by atoms with van der Waals surface area (Å²) in [4.78, 5) is 13.9. The third-order valence-corrected chi connectivity index (χ3v) is 4.26. The van der Waals surface area contributed by atoms with Gasteiger partial charge in [0.2, 0.25) is 0 Å². The first-order valence-corrected chi connectivity index (χ1v) is 8.95. The summed E-state index contributed by atoms with van der Waals surface area (Å²) in [6.45, 7) is -1.34. The summed E-state index contributed by atoms with van der Waals surface area (Å²) in [7, 11) is 3.03. The van der Waals surface area contributed by atoms with E-state index in [1.54, 1.807) is 19.2 Å². The van der Waals surface area contributed by atoms with Gasteiger partial charge in [-0.15, -0.1) is 0 Å². The lowest BCUT2D eigenvalue weighted by Gasteiger charge is -2.21. The molecule has 0 aliphatic carbocycles. The molecule has 0 bridgehead atoms. The molecular formula is C20H22F2N2O5. The molecule has 29 heavy (non-hydrogen) atoms. The topological polar surface area (TPSA) is 69.3 Å². The summed E-state index contributed by atoms with van der Waals surface area (Å²) < 4.78 is 45.3. The van der Waals surface area contributed by atoms with Gasteiger partial charge in [0.25, 0.3) is 0 Å². The molecule has 0 saturated heterocycles. The summed E-state index contributed by atoms with van der Waals surface area (Å²) in [5, 5.41) is 2.78. The fraction of sp³-hybridized carbons (Fsp3) is 0.350. The minimum Gasteiger partial charge on any atom is -0.493 e. The number of amides is 2. The molecule has 7 nitrogen and oxygen atoms in total. The van der Waals surface area contributed by atoms with Gasteiger partial charge < -0.3 is 29.2 Å². The van der Waals surface area contributed by atoms with E-state index in [0.717, 1.165) is 5.56 Å². The SMILES string of the molecule is COc1cc(CNC(=O)N(C)Cc2ccc3c(c2)OCCO3)ccc1OC(F)F. The summed E-state index contributed by atoms with van der Waals surface area (Å²) in [6.07, 6.45) is 0. The first-order chi connectivity index (χ1) is 14.0. The lowest BCUT2D eigenvalue weighted by molar-refractivity contribution is -0.0512. The van der Waals surface area contributed by atoms with Crippen molar-refractivity contribution in [2.45, 2.75) is 19.7 Å². The highest BCUT2D eigenvalue weighted by molar-refractivity contribution is 5.74. The van der Waals surface area contributed by atoms with Gasteiger partial charge in [-0.3, -0.25) is 0 Å². The summed E-state index contributed by atoms with van der Waals surface area (Å²) in [6, 6.07) is 9.78. The van der Waals surface area contributed by atoms with E-state index in [2.05, 4.69) is 10.1 Å². The van der Waals surface area contributed by atoms with Gasteiger partial charge in [-0.2, -0.15) is 8.78 Å². The van der Waals surface area contributed by atoms with Crippen LogP contribution < -0.4 is 24.3 Å². The van der Waals surface area contributed by atoms with Gasteiger partial charge in [0.1, 0.15) is 13.2 Å². The van der Waals surface area contributed by atoms with Gasteiger partial charge in [-0.05, 0) is 35.4 Å². The zero-order valence-electron chi connectivity index (χ0n) is 16.1. The highest BCUT2D eigenvalue weighted by Gasteiger charge is 2.15. The van der Waals surface area contributed by atoms with Crippen LogP contribution in [0.3, 0.4) is 0 Å². The molecule has 2 aromatic rings. The maximum absolute atomic E-state index is 12.4. The largest absolute Gasteiger partial charge is 0.493 e. The number of fused-ring (bicyclic) bond motifs is 1. The van der Waals surface area contributed by atoms with E-state index in [-0.39, 0.29) is 24.1 Å². The smallest absolute Gasteiger partial charge is 0.387 e. The molecule has 1 N–H and O–H groups in total. The van der Waals surface area contributed by atoms with Crippen molar-refractivity contribution >= 4 is 6.03 Å². The lowest BCUT2D eigenvalue weighted by atomic mass is 10.2. The highest BCUT2D eigenvalue weighted by Crippen LogP contribution is 2.31. The van der Waals surface area contributed by atoms with Crippen molar-refractivity contribution in [3.8, 4) is 23.0 Å². The number of halogens is 2. The van der Waals surface area contributed by atoms with E-state index in [9.17, 15) is 13.6 Å². The van der Waals surface area contributed by atoms with Crippen LogP contribution >= 0.6 is 0 Å². The van der Waals surface area contributed by atoms with Crippen LogP contribution in [0.25, 0.3) is 0 Å². The first kappa shape index (κ1) is 20.5. The first-order valence-electron chi connectivity index (χ1n) is 8.95. The number of benzene rings is 2. The monoisotopic (exact) mass is 408 g/mol. The number of hydrogen-bond donors (Lipinski definition) is 1. The van der Waals surface area contributed by atoms with E-state index < -0.39 is 6.61 Å². The molecule has 9 heteroatoms. The molecule has 0 aromatic heterocycles. The molecule has 1 heterocycles. The van der Waals surface area contributed by atoms with Crippen LogP contribution in [0.5, 0.6) is 23.0 Å². The second kappa shape index (κ2) is 9.31. The Labute approximate surface area is 167 Å². The minimum absolute atomic E-state index is 0.0618. The fourth-order valence-corrected chi connectivity index (χ4v) is 2.86. The zero-order valence-corrected chi connectivity index (χ0v) is 16.1. The normalized spacial score (nSPS) is 12.4. The van der Waals surface area contributed by atoms with E-state index in [1.807, 2.05) is 18.2 Å². The number of carbonyl (C=O) groups is 1. The predicted octanol–water partition coefficient (Wildman–Crippen LogP) is 3.41. The number of alkyl halides is 2. The van der Waals surface area contributed by atoms with Gasteiger partial charge in [0.15, 0.2) is 23.0 Å². The van der Waals surface area contributed by atoms with Crippen molar-refractivity contribution in [1.82, 2.24) is 10.2 Å². The van der Waals surface area contributed by atoms with Gasteiger partial charge in [0, 0.05) is 20.1 Å². The molecule has 1 aliphatic heterocycles. The van der Waals surface area contributed by atoms with Crippen LogP contribution in [-0.2, 0) is 13.1 Å². The Kier molecular flexibility index (Phi) is 6.58. The minimum atomic E-state index is -2.94. The van der Waals surface area contributed by atoms with Crippen LogP contribution in [0.4, 0.5) is 13.6 Å². The van der Waals surface area contributed by atoms with Gasteiger partial charge >= 0.3 is 12.6 Å². The number of urea groups is 1. The predicted molar refractivity (Wildman–Crippen MR) is 101 cm³/mol. The van der Waals surface area contributed by atoms with Crippen molar-refractivity contribution in [2.24, 2.45) is 0 Å². The Bertz CT molecular complexity index is 863. The van der Waals surface area contributed by atoms with Crippen molar-refractivity contribution in [3.63, 3.8) is 0 Å². The Hall–Kier alpha value is -3.23. The lowest BCUT2D eigenvalue weighted by Crippen LogP contribution is -2.36. The average molecular weight is 408 g/mol. The van der Waals surface area contributed by atoms with Crippen molar-refractivity contribution in [3.05, 3.63) is 47.5 Å². The molecular weight excluding hydrogens is 386 g/mol. The fourth-order valence-electron chi connectivity index (χ4n) is 2.86. The summed E-state index contributed by atoms with van der Waals surface area (Å²) in [5.74, 6) is 1.47. The van der Waals surface area contributed by atoms with Crippen molar-refractivity contribution in [2.75, 3.05) is 27.4 Å². The number of ether oxygens (including phenoxy) is 4. The van der Waals surface area contributed by atoms with E-state index in [4.69, 9.17) is 14.2 Å². The number of rotatable bonds is 7. The Morgan fingerprint density at radius 1 is 1.10 bits per heavy atom. The molecule has 0 spiro atoms. The molecule has 0 atom stereocenters. The van der Waals surface area contributed by atoms with Crippen molar-refractivity contribution in [1.29, 1.82) is 0 Å². The third kappa shape index (κ3) is 5.40. The molecule has 3 rings (SSSR count). The van der Waals surface area contributed by atoms with Gasteiger partial charge in [0.05, 0.1) is 7.11 Å². The molecule has 0 saturated carbocycles. The van der Waals surface area contributed by atoms with E-state index in [0.29, 0.717) is 36.8 Å². The Morgan fingerprint density at radius 2 is 1.83 bits per heavy atom. The molecule has 156 valence electrons. The number of carbonyl (C=O) groups excluding carboxylic acids is 1. The van der Waals surface area contributed by atoms with Gasteiger partial charge in [-0.25, -0.2) is 4.79 Å². The highest BCUT2D eigenvalue weighted by atomic mass is 19.3. The molecule has 1 aliphatic rings. The average Bonchev–Trinajstić information content (AvgIpc) is 2.72. The molecule has 2 aromatic carbocycles. The molecule has 0 unspecified atom stereocenters. The Morgan fingerprint density at radius 3 is 2.55 bits per heavy atom. The van der Waals surface area contributed by atoms with Crippen LogP contribution in [0.15, 0.2) is 36.4 Å². The third-order valence-electron chi connectivity index (χ3n) is 4.26. The molecule has 2 amide bonds. The second-order valence-electron chi connectivity index (χ2n) is 6.36. The number of nitrogens with zero attached hydrogens (tertiary/aromatic N) is 1. The van der Waals surface area contributed by atoms with Crippen molar-refractivity contribution < 1.29 is 32.5 Å². The summed E-state index contributed by atoms with van der Waals surface area (Å²) in [5.41, 5.74) is 1.59. The molecule has 0 fully saturated rings. The number of nitrogens with one attached hydrogen (secondary N) is 1. The zero-order chi connectivity index (χ0) is 20.8.